The van der Waals surface area contributed by atoms with Gasteiger partial charge in [-0.1, -0.05) is 308 Å². The molecule has 0 heterocycles. The molecule has 83 heavy (non-hydrogen) atoms. The molecule has 0 spiro atoms. The minimum absolute atomic E-state index is 0.115. The second kappa shape index (κ2) is 69.8. The standard InChI is InChI=1S/C77H126O6/c1-4-7-10-13-16-19-22-25-28-30-32-34-36-37-38-39-41-42-44-46-49-52-55-58-61-64-67-70-76(79)82-73-74(72-81-75(78)69-66-63-60-57-54-51-48-27-24-21-18-15-12-9-6-3)83-77(80)71-68-65-62-59-56-53-50-47-45-43-40-35-33-31-29-26-23-20-17-14-11-8-5-2/h7,9-10,12,16,18-19,21,23,25-28,31-34,40,43,48,54,57,63,66,74H,4-6,8,11,13-15,17,20,22,24,29-30,35-39,41-42,44-47,49-53,55-56,58-62,64-65,67-73H2,1-3H3/b10-7-,12-9-,19-16-,21-18-,26-23-,28-25-,33-31-,34-32-,43-40-,48-27-,57-54-,66-63-. The molecule has 0 N–H and O–H groups in total. The molecule has 0 bridgehead atoms. The van der Waals surface area contributed by atoms with Crippen molar-refractivity contribution in [2.24, 2.45) is 0 Å². The molecule has 0 aliphatic heterocycles. The third-order valence-corrected chi connectivity index (χ3v) is 14.3. The van der Waals surface area contributed by atoms with Gasteiger partial charge in [-0.25, -0.2) is 0 Å². The first kappa shape index (κ1) is 78.3. The number of unbranched alkanes of at least 4 members (excludes halogenated alkanes) is 27. The van der Waals surface area contributed by atoms with Crippen LogP contribution in [0.5, 0.6) is 0 Å². The van der Waals surface area contributed by atoms with E-state index in [2.05, 4.69) is 154 Å². The van der Waals surface area contributed by atoms with Crippen molar-refractivity contribution in [2.75, 3.05) is 13.2 Å². The summed E-state index contributed by atoms with van der Waals surface area (Å²) in [6.45, 7) is 6.33. The summed E-state index contributed by atoms with van der Waals surface area (Å²) in [6.07, 6.45) is 100. The first-order valence-electron chi connectivity index (χ1n) is 34.3. The summed E-state index contributed by atoms with van der Waals surface area (Å²) in [5.74, 6) is -1.05. The fourth-order valence-corrected chi connectivity index (χ4v) is 9.28. The summed E-state index contributed by atoms with van der Waals surface area (Å²) in [7, 11) is 0. The summed E-state index contributed by atoms with van der Waals surface area (Å²) < 4.78 is 16.9. The van der Waals surface area contributed by atoms with Crippen LogP contribution >= 0.6 is 0 Å². The molecule has 0 amide bonds. The Labute approximate surface area is 512 Å². The zero-order valence-corrected chi connectivity index (χ0v) is 53.9. The van der Waals surface area contributed by atoms with E-state index in [1.807, 2.05) is 6.08 Å². The molecule has 0 saturated heterocycles. The van der Waals surface area contributed by atoms with E-state index >= 15 is 0 Å². The maximum atomic E-state index is 12.9. The fourth-order valence-electron chi connectivity index (χ4n) is 9.28. The van der Waals surface area contributed by atoms with Gasteiger partial charge in [0.1, 0.15) is 13.2 Å². The van der Waals surface area contributed by atoms with Gasteiger partial charge >= 0.3 is 17.9 Å². The molecule has 0 rings (SSSR count). The van der Waals surface area contributed by atoms with Crippen molar-refractivity contribution < 1.29 is 28.6 Å². The van der Waals surface area contributed by atoms with Crippen LogP contribution in [0.1, 0.15) is 303 Å². The average Bonchev–Trinajstić information content (AvgIpc) is 3.49. The van der Waals surface area contributed by atoms with Crippen molar-refractivity contribution in [1.82, 2.24) is 0 Å². The predicted molar refractivity (Wildman–Crippen MR) is 362 cm³/mol. The molecule has 0 saturated carbocycles. The van der Waals surface area contributed by atoms with E-state index in [0.29, 0.717) is 12.8 Å². The quantitative estimate of drug-likeness (QED) is 0.0261. The number of allylic oxidation sites excluding steroid dienone is 23. The van der Waals surface area contributed by atoms with Gasteiger partial charge in [0.2, 0.25) is 0 Å². The Kier molecular flexibility index (Phi) is 65.8. The smallest absolute Gasteiger partial charge is 0.309 e. The number of hydrogen-bond acceptors (Lipinski definition) is 6. The molecule has 0 aliphatic rings. The summed E-state index contributed by atoms with van der Waals surface area (Å²) >= 11 is 0. The number of esters is 3. The van der Waals surface area contributed by atoms with Gasteiger partial charge in [-0.2, -0.15) is 0 Å². The van der Waals surface area contributed by atoms with Gasteiger partial charge in [0, 0.05) is 12.8 Å². The maximum Gasteiger partial charge on any atom is 0.309 e. The summed E-state index contributed by atoms with van der Waals surface area (Å²) in [5, 5.41) is 0. The maximum absolute atomic E-state index is 12.9. The van der Waals surface area contributed by atoms with Crippen LogP contribution in [0.3, 0.4) is 0 Å². The first-order valence-corrected chi connectivity index (χ1v) is 34.3. The van der Waals surface area contributed by atoms with Crippen LogP contribution in [0.2, 0.25) is 0 Å². The van der Waals surface area contributed by atoms with Crippen LogP contribution in [0.4, 0.5) is 0 Å². The molecule has 1 unspecified atom stereocenters. The highest BCUT2D eigenvalue weighted by atomic mass is 16.6. The van der Waals surface area contributed by atoms with E-state index in [1.165, 1.54) is 148 Å². The molecule has 1 atom stereocenters. The van der Waals surface area contributed by atoms with E-state index in [0.717, 1.165) is 116 Å². The molecule has 470 valence electrons. The van der Waals surface area contributed by atoms with Crippen LogP contribution < -0.4 is 0 Å². The average molecular weight is 1150 g/mol. The zero-order valence-electron chi connectivity index (χ0n) is 53.9. The van der Waals surface area contributed by atoms with Crippen LogP contribution in [-0.2, 0) is 28.6 Å². The van der Waals surface area contributed by atoms with Gasteiger partial charge in [-0.3, -0.25) is 14.4 Å². The Morgan fingerprint density at radius 1 is 0.265 bits per heavy atom. The van der Waals surface area contributed by atoms with Crippen LogP contribution in [0.25, 0.3) is 0 Å². The summed E-state index contributed by atoms with van der Waals surface area (Å²) in [4.78, 5) is 38.4. The molecule has 0 fully saturated rings. The predicted octanol–water partition coefficient (Wildman–Crippen LogP) is 23.9. The number of hydrogen-bond donors (Lipinski definition) is 0. The van der Waals surface area contributed by atoms with Gasteiger partial charge in [0.15, 0.2) is 6.10 Å². The molecular weight excluding hydrogens is 1020 g/mol. The van der Waals surface area contributed by atoms with Gasteiger partial charge < -0.3 is 14.2 Å². The second-order valence-corrected chi connectivity index (χ2v) is 22.3. The summed E-state index contributed by atoms with van der Waals surface area (Å²) in [6, 6.07) is 0. The lowest BCUT2D eigenvalue weighted by molar-refractivity contribution is -0.166. The zero-order chi connectivity index (χ0) is 59.9. The highest BCUT2D eigenvalue weighted by Gasteiger charge is 2.19. The van der Waals surface area contributed by atoms with Crippen molar-refractivity contribution in [3.05, 3.63) is 146 Å². The number of carbonyl (C=O) groups excluding carboxylic acids is 3. The Morgan fingerprint density at radius 2 is 0.518 bits per heavy atom. The van der Waals surface area contributed by atoms with Crippen molar-refractivity contribution >= 4 is 17.9 Å². The molecular formula is C77H126O6. The Morgan fingerprint density at radius 3 is 0.843 bits per heavy atom. The molecule has 6 nitrogen and oxygen atoms in total. The lowest BCUT2D eigenvalue weighted by Gasteiger charge is -2.18. The minimum Gasteiger partial charge on any atom is -0.462 e. The van der Waals surface area contributed by atoms with Crippen molar-refractivity contribution in [3.63, 3.8) is 0 Å². The van der Waals surface area contributed by atoms with E-state index in [-0.39, 0.29) is 31.6 Å². The highest BCUT2D eigenvalue weighted by Crippen LogP contribution is 2.16. The van der Waals surface area contributed by atoms with E-state index in [4.69, 9.17) is 14.2 Å². The van der Waals surface area contributed by atoms with Crippen LogP contribution in [0, 0.1) is 0 Å². The van der Waals surface area contributed by atoms with E-state index < -0.39 is 12.1 Å². The van der Waals surface area contributed by atoms with Crippen molar-refractivity contribution in [2.45, 2.75) is 309 Å². The monoisotopic (exact) mass is 1150 g/mol. The second-order valence-electron chi connectivity index (χ2n) is 22.3. The lowest BCUT2D eigenvalue weighted by Crippen LogP contribution is -2.30. The van der Waals surface area contributed by atoms with E-state index in [1.54, 1.807) is 6.08 Å². The highest BCUT2D eigenvalue weighted by molar-refractivity contribution is 5.72. The van der Waals surface area contributed by atoms with Gasteiger partial charge in [-0.05, 0) is 122 Å². The van der Waals surface area contributed by atoms with Crippen LogP contribution in [-0.4, -0.2) is 37.2 Å². The van der Waals surface area contributed by atoms with Gasteiger partial charge in [0.05, 0.1) is 6.42 Å². The molecule has 0 radical (unpaired) electrons. The number of carbonyl (C=O) groups is 3. The number of rotatable bonds is 61. The molecule has 0 aromatic rings. The van der Waals surface area contributed by atoms with Gasteiger partial charge in [-0.15, -0.1) is 0 Å². The largest absolute Gasteiger partial charge is 0.462 e. The molecule has 0 aliphatic carbocycles. The number of ether oxygens (including phenoxy) is 3. The third kappa shape index (κ3) is 68.0. The lowest BCUT2D eigenvalue weighted by atomic mass is 10.0. The van der Waals surface area contributed by atoms with Crippen molar-refractivity contribution in [1.29, 1.82) is 0 Å². The molecule has 0 aromatic heterocycles. The normalized spacial score (nSPS) is 13.0. The molecule has 6 heteroatoms. The Hall–Kier alpha value is -4.71. The third-order valence-electron chi connectivity index (χ3n) is 14.3. The Bertz CT molecular complexity index is 1800. The first-order chi connectivity index (χ1) is 41.0. The topological polar surface area (TPSA) is 78.9 Å². The summed E-state index contributed by atoms with van der Waals surface area (Å²) in [5.41, 5.74) is 0. The van der Waals surface area contributed by atoms with Crippen LogP contribution in [0.15, 0.2) is 146 Å². The van der Waals surface area contributed by atoms with E-state index in [9.17, 15) is 14.4 Å². The molecule has 0 aromatic carbocycles. The Balaban J connectivity index is 4.41. The van der Waals surface area contributed by atoms with Gasteiger partial charge in [0.25, 0.3) is 0 Å². The fraction of sp³-hybridized carbons (Fsp3) is 0.649. The SMILES string of the molecule is CC/C=C\C/C=C\C/C=C\C/C=C\C/C=C\CC(=O)OCC(COC(=O)CCCCCCCCCCCCCCCC/C=C\C/C=C\C/C=C\C/C=C\CC)OC(=O)CCCCCCCCCC/C=C\C/C=C\C/C=C\CCCCCCC. The van der Waals surface area contributed by atoms with Crippen molar-refractivity contribution in [3.8, 4) is 0 Å². The minimum atomic E-state index is -0.830.